The van der Waals surface area contributed by atoms with Crippen LogP contribution in [-0.2, 0) is 16.9 Å². The SMILES string of the molecule is C=Cc1ccc(C2(O)CCOC2)c(CN(C)C)n1. The van der Waals surface area contributed by atoms with E-state index in [1.54, 1.807) is 6.08 Å². The molecule has 18 heavy (non-hydrogen) atoms. The van der Waals surface area contributed by atoms with E-state index in [1.807, 2.05) is 31.1 Å². The number of pyridine rings is 1. The second-order valence-corrected chi connectivity index (χ2v) is 5.01. The molecular weight excluding hydrogens is 228 g/mol. The van der Waals surface area contributed by atoms with Gasteiger partial charge in [-0.05, 0) is 26.2 Å². The molecule has 1 unspecified atom stereocenters. The molecule has 0 saturated carbocycles. The largest absolute Gasteiger partial charge is 0.383 e. The maximum Gasteiger partial charge on any atom is 0.117 e. The topological polar surface area (TPSA) is 45.6 Å². The van der Waals surface area contributed by atoms with Crippen LogP contribution in [-0.4, -0.2) is 42.3 Å². The van der Waals surface area contributed by atoms with Gasteiger partial charge in [-0.1, -0.05) is 12.6 Å². The minimum absolute atomic E-state index is 0.350. The number of hydrogen-bond acceptors (Lipinski definition) is 4. The first kappa shape index (κ1) is 13.2. The van der Waals surface area contributed by atoms with Crippen molar-refractivity contribution in [2.45, 2.75) is 18.6 Å². The van der Waals surface area contributed by atoms with Crippen molar-refractivity contribution in [1.29, 1.82) is 0 Å². The zero-order chi connectivity index (χ0) is 13.2. The lowest BCUT2D eigenvalue weighted by Gasteiger charge is -2.25. The van der Waals surface area contributed by atoms with Crippen LogP contribution in [0.3, 0.4) is 0 Å². The van der Waals surface area contributed by atoms with Crippen molar-refractivity contribution >= 4 is 6.08 Å². The van der Waals surface area contributed by atoms with Crippen LogP contribution in [0.25, 0.3) is 6.08 Å². The summed E-state index contributed by atoms with van der Waals surface area (Å²) in [6.45, 7) is 5.37. The third kappa shape index (κ3) is 2.61. The summed E-state index contributed by atoms with van der Waals surface area (Å²) in [7, 11) is 3.97. The minimum Gasteiger partial charge on any atom is -0.383 e. The molecule has 0 spiro atoms. The molecule has 2 heterocycles. The Morgan fingerprint density at radius 1 is 1.56 bits per heavy atom. The van der Waals surface area contributed by atoms with Crippen molar-refractivity contribution in [2.75, 3.05) is 27.3 Å². The Kier molecular flexibility index (Phi) is 3.80. The van der Waals surface area contributed by atoms with E-state index in [4.69, 9.17) is 4.74 Å². The van der Waals surface area contributed by atoms with Crippen LogP contribution in [0.1, 0.15) is 23.4 Å². The summed E-state index contributed by atoms with van der Waals surface area (Å²) in [6.07, 6.45) is 2.35. The smallest absolute Gasteiger partial charge is 0.117 e. The number of nitrogens with zero attached hydrogens (tertiary/aromatic N) is 2. The quantitative estimate of drug-likeness (QED) is 0.874. The molecule has 1 aromatic rings. The summed E-state index contributed by atoms with van der Waals surface area (Å²) < 4.78 is 5.32. The second kappa shape index (κ2) is 5.18. The van der Waals surface area contributed by atoms with Crippen molar-refractivity contribution < 1.29 is 9.84 Å². The van der Waals surface area contributed by atoms with E-state index < -0.39 is 5.60 Å². The standard InChI is InChI=1S/C14H20N2O2/c1-4-11-5-6-12(13(15-11)9-16(2)3)14(17)7-8-18-10-14/h4-6,17H,1,7-10H2,2-3H3. The van der Waals surface area contributed by atoms with Gasteiger partial charge in [-0.25, -0.2) is 0 Å². The lowest BCUT2D eigenvalue weighted by atomic mass is 9.91. The fourth-order valence-corrected chi connectivity index (χ4v) is 2.24. The van der Waals surface area contributed by atoms with Crippen LogP contribution < -0.4 is 0 Å². The highest BCUT2D eigenvalue weighted by Crippen LogP contribution is 2.32. The van der Waals surface area contributed by atoms with Gasteiger partial charge < -0.3 is 14.7 Å². The van der Waals surface area contributed by atoms with Crippen molar-refractivity contribution in [3.8, 4) is 0 Å². The van der Waals surface area contributed by atoms with Crippen molar-refractivity contribution in [2.24, 2.45) is 0 Å². The van der Waals surface area contributed by atoms with Gasteiger partial charge >= 0.3 is 0 Å². The molecule has 0 aromatic carbocycles. The zero-order valence-electron chi connectivity index (χ0n) is 11.0. The molecule has 1 saturated heterocycles. The Labute approximate surface area is 108 Å². The Hall–Kier alpha value is -1.23. The van der Waals surface area contributed by atoms with Gasteiger partial charge in [0.25, 0.3) is 0 Å². The molecule has 1 fully saturated rings. The lowest BCUT2D eigenvalue weighted by molar-refractivity contribution is 0.0216. The first-order chi connectivity index (χ1) is 8.55. The summed E-state index contributed by atoms with van der Waals surface area (Å²) in [5, 5.41) is 10.6. The van der Waals surface area contributed by atoms with Gasteiger partial charge in [-0.2, -0.15) is 0 Å². The normalized spacial score (nSPS) is 23.6. The summed E-state index contributed by atoms with van der Waals surface area (Å²) in [5.74, 6) is 0. The third-order valence-electron chi connectivity index (χ3n) is 3.17. The molecule has 0 amide bonds. The number of hydrogen-bond donors (Lipinski definition) is 1. The minimum atomic E-state index is -0.891. The van der Waals surface area contributed by atoms with Crippen molar-refractivity contribution in [3.63, 3.8) is 0 Å². The van der Waals surface area contributed by atoms with E-state index in [9.17, 15) is 5.11 Å². The average molecular weight is 248 g/mol. The molecule has 0 aliphatic carbocycles. The van der Waals surface area contributed by atoms with Crippen molar-refractivity contribution in [3.05, 3.63) is 35.7 Å². The molecule has 1 aromatic heterocycles. The highest BCUT2D eigenvalue weighted by atomic mass is 16.5. The monoisotopic (exact) mass is 248 g/mol. The van der Waals surface area contributed by atoms with E-state index in [0.717, 1.165) is 17.0 Å². The van der Waals surface area contributed by atoms with Crippen LogP contribution in [0, 0.1) is 0 Å². The zero-order valence-corrected chi connectivity index (χ0v) is 11.0. The molecule has 1 atom stereocenters. The number of rotatable bonds is 4. The van der Waals surface area contributed by atoms with Gasteiger partial charge in [0.1, 0.15) is 5.60 Å². The van der Waals surface area contributed by atoms with Gasteiger partial charge in [0.05, 0.1) is 18.0 Å². The molecule has 4 nitrogen and oxygen atoms in total. The van der Waals surface area contributed by atoms with Crippen LogP contribution in [0.15, 0.2) is 18.7 Å². The van der Waals surface area contributed by atoms with Gasteiger partial charge in [0.15, 0.2) is 0 Å². The van der Waals surface area contributed by atoms with E-state index in [2.05, 4.69) is 11.6 Å². The van der Waals surface area contributed by atoms with Gasteiger partial charge in [-0.3, -0.25) is 4.98 Å². The molecule has 1 aliphatic rings. The highest BCUT2D eigenvalue weighted by Gasteiger charge is 2.36. The Bertz CT molecular complexity index is 437. The Morgan fingerprint density at radius 2 is 2.33 bits per heavy atom. The first-order valence-corrected chi connectivity index (χ1v) is 6.13. The highest BCUT2D eigenvalue weighted by molar-refractivity contribution is 5.44. The van der Waals surface area contributed by atoms with Crippen LogP contribution in [0.5, 0.6) is 0 Å². The van der Waals surface area contributed by atoms with E-state index in [-0.39, 0.29) is 0 Å². The lowest BCUT2D eigenvalue weighted by Crippen LogP contribution is -2.29. The molecule has 98 valence electrons. The summed E-state index contributed by atoms with van der Waals surface area (Å²) in [5.41, 5.74) is 1.71. The molecule has 1 N–H and O–H groups in total. The fraction of sp³-hybridized carbons (Fsp3) is 0.500. The summed E-state index contributed by atoms with van der Waals surface area (Å²) in [6, 6.07) is 3.83. The molecule has 4 heteroatoms. The van der Waals surface area contributed by atoms with Gasteiger partial charge in [-0.15, -0.1) is 0 Å². The fourth-order valence-electron chi connectivity index (χ4n) is 2.24. The summed E-state index contributed by atoms with van der Waals surface area (Å²) in [4.78, 5) is 6.59. The molecule has 0 radical (unpaired) electrons. The van der Waals surface area contributed by atoms with E-state index >= 15 is 0 Å². The second-order valence-electron chi connectivity index (χ2n) is 5.01. The number of aliphatic hydroxyl groups is 1. The molecule has 0 bridgehead atoms. The Morgan fingerprint density at radius 3 is 2.89 bits per heavy atom. The van der Waals surface area contributed by atoms with Crippen LogP contribution in [0.4, 0.5) is 0 Å². The summed E-state index contributed by atoms with van der Waals surface area (Å²) >= 11 is 0. The molecule has 1 aliphatic heterocycles. The maximum atomic E-state index is 10.6. The number of ether oxygens (including phenoxy) is 1. The Balaban J connectivity index is 2.41. The number of aromatic nitrogens is 1. The maximum absolute atomic E-state index is 10.6. The van der Waals surface area contributed by atoms with E-state index in [0.29, 0.717) is 26.2 Å². The van der Waals surface area contributed by atoms with E-state index in [1.165, 1.54) is 0 Å². The third-order valence-corrected chi connectivity index (χ3v) is 3.17. The molecular formula is C14H20N2O2. The predicted octanol–water partition coefficient (Wildman–Crippen LogP) is 1.39. The van der Waals surface area contributed by atoms with Crippen LogP contribution in [0.2, 0.25) is 0 Å². The van der Waals surface area contributed by atoms with Crippen LogP contribution >= 0.6 is 0 Å². The predicted molar refractivity (Wildman–Crippen MR) is 71.1 cm³/mol. The average Bonchev–Trinajstić information content (AvgIpc) is 2.76. The molecule has 2 rings (SSSR count). The van der Waals surface area contributed by atoms with Crippen molar-refractivity contribution in [1.82, 2.24) is 9.88 Å². The first-order valence-electron chi connectivity index (χ1n) is 6.13. The van der Waals surface area contributed by atoms with Gasteiger partial charge in [0.2, 0.25) is 0 Å². The van der Waals surface area contributed by atoms with Gasteiger partial charge in [0, 0.05) is 25.1 Å².